The van der Waals surface area contributed by atoms with Gasteiger partial charge in [-0.1, -0.05) is 61.3 Å². The summed E-state index contributed by atoms with van der Waals surface area (Å²) < 4.78 is 0. The Kier molecular flexibility index (Phi) is 7.18. The average molecular weight is 392 g/mol. The number of hydrazone groups is 1. The predicted octanol–water partition coefficient (Wildman–Crippen LogP) is 4.21. The molecule has 2 rings (SSSR count). The maximum atomic E-state index is 12.2. The van der Waals surface area contributed by atoms with Crippen molar-refractivity contribution in [3.05, 3.63) is 63.1 Å². The molecule has 136 valence electrons. The van der Waals surface area contributed by atoms with Gasteiger partial charge in [0.25, 0.3) is 0 Å². The van der Waals surface area contributed by atoms with Crippen molar-refractivity contribution >= 4 is 46.9 Å². The second-order valence-corrected chi connectivity index (χ2v) is 6.30. The van der Waals surface area contributed by atoms with Crippen LogP contribution in [0.2, 0.25) is 10.0 Å². The van der Waals surface area contributed by atoms with Crippen molar-refractivity contribution in [1.29, 1.82) is 0 Å². The molecule has 0 radical (unpaired) electrons. The minimum atomic E-state index is -0.853. The zero-order valence-corrected chi connectivity index (χ0v) is 16.0. The molecule has 7 heteroatoms. The Morgan fingerprint density at radius 1 is 1.00 bits per heavy atom. The van der Waals surface area contributed by atoms with Crippen LogP contribution in [0.3, 0.4) is 0 Å². The Balaban J connectivity index is 2.03. The predicted molar refractivity (Wildman–Crippen MR) is 106 cm³/mol. The van der Waals surface area contributed by atoms with Gasteiger partial charge >= 0.3 is 11.8 Å². The Hall–Kier alpha value is -2.37. The first-order valence-corrected chi connectivity index (χ1v) is 8.92. The first kappa shape index (κ1) is 19.9. The van der Waals surface area contributed by atoms with Gasteiger partial charge in [-0.05, 0) is 41.7 Å². The van der Waals surface area contributed by atoms with Crippen LogP contribution in [0.4, 0.5) is 5.69 Å². The van der Waals surface area contributed by atoms with Crippen LogP contribution >= 0.6 is 23.2 Å². The van der Waals surface area contributed by atoms with Crippen LogP contribution in [-0.2, 0) is 22.4 Å². The molecule has 2 aromatic carbocycles. The van der Waals surface area contributed by atoms with E-state index in [2.05, 4.69) is 15.8 Å². The molecule has 2 amide bonds. The number of para-hydroxylation sites is 1. The quantitative estimate of drug-likeness (QED) is 0.455. The fourth-order valence-electron chi connectivity index (χ4n) is 2.38. The van der Waals surface area contributed by atoms with Gasteiger partial charge in [0.15, 0.2) is 0 Å². The number of rotatable bonds is 5. The molecule has 2 aromatic rings. The second-order valence-electron chi connectivity index (χ2n) is 5.49. The third kappa shape index (κ3) is 5.07. The fourth-order valence-corrected chi connectivity index (χ4v) is 2.69. The lowest BCUT2D eigenvalue weighted by atomic mass is 10.0. The van der Waals surface area contributed by atoms with Gasteiger partial charge in [0.1, 0.15) is 0 Å². The summed E-state index contributed by atoms with van der Waals surface area (Å²) in [5, 5.41) is 7.26. The van der Waals surface area contributed by atoms with Crippen molar-refractivity contribution in [2.45, 2.75) is 26.7 Å². The molecule has 26 heavy (non-hydrogen) atoms. The monoisotopic (exact) mass is 391 g/mol. The number of nitrogens with zero attached hydrogens (tertiary/aromatic N) is 1. The first-order valence-electron chi connectivity index (χ1n) is 8.16. The van der Waals surface area contributed by atoms with Gasteiger partial charge < -0.3 is 5.32 Å². The number of hydrogen-bond acceptors (Lipinski definition) is 3. The van der Waals surface area contributed by atoms with E-state index in [-0.39, 0.29) is 0 Å². The summed E-state index contributed by atoms with van der Waals surface area (Å²) in [5.74, 6) is -1.62. The van der Waals surface area contributed by atoms with E-state index in [1.807, 2.05) is 32.0 Å². The summed E-state index contributed by atoms with van der Waals surface area (Å²) in [4.78, 5) is 24.1. The SMILES string of the molecule is CCc1cccc(CC)c1NC(=O)C(=O)N/N=C/c1ccc(Cl)c(Cl)c1. The topological polar surface area (TPSA) is 70.6 Å². The van der Waals surface area contributed by atoms with Crippen LogP contribution < -0.4 is 10.7 Å². The Morgan fingerprint density at radius 2 is 1.65 bits per heavy atom. The largest absolute Gasteiger partial charge is 0.329 e. The van der Waals surface area contributed by atoms with Crippen LogP contribution in [0, 0.1) is 0 Å². The highest BCUT2D eigenvalue weighted by molar-refractivity contribution is 6.42. The molecule has 0 saturated carbocycles. The number of hydrogen-bond donors (Lipinski definition) is 2. The highest BCUT2D eigenvalue weighted by Gasteiger charge is 2.16. The summed E-state index contributed by atoms with van der Waals surface area (Å²) in [6, 6.07) is 10.7. The smallest absolute Gasteiger partial charge is 0.317 e. The zero-order valence-electron chi connectivity index (χ0n) is 14.5. The van der Waals surface area contributed by atoms with E-state index in [0.29, 0.717) is 21.3 Å². The third-order valence-corrected chi connectivity index (χ3v) is 4.51. The summed E-state index contributed by atoms with van der Waals surface area (Å²) in [5.41, 5.74) is 5.49. The zero-order chi connectivity index (χ0) is 19.1. The Morgan fingerprint density at radius 3 is 2.23 bits per heavy atom. The second kappa shape index (κ2) is 9.36. The number of halogens is 2. The van der Waals surface area contributed by atoms with Crippen molar-refractivity contribution in [2.24, 2.45) is 5.10 Å². The maximum absolute atomic E-state index is 12.2. The summed E-state index contributed by atoms with van der Waals surface area (Å²) >= 11 is 11.7. The van der Waals surface area contributed by atoms with Crippen LogP contribution in [-0.4, -0.2) is 18.0 Å². The minimum Gasteiger partial charge on any atom is -0.317 e. The van der Waals surface area contributed by atoms with Crippen LogP contribution in [0.5, 0.6) is 0 Å². The lowest BCUT2D eigenvalue weighted by Gasteiger charge is -2.13. The van der Waals surface area contributed by atoms with Gasteiger partial charge in [0, 0.05) is 5.69 Å². The normalized spacial score (nSPS) is 10.8. The molecule has 0 spiro atoms. The molecule has 0 aliphatic rings. The molecule has 0 unspecified atom stereocenters. The van der Waals surface area contributed by atoms with Gasteiger partial charge in [-0.15, -0.1) is 0 Å². The summed E-state index contributed by atoms with van der Waals surface area (Å²) in [6.07, 6.45) is 2.88. The minimum absolute atomic E-state index is 0.378. The van der Waals surface area contributed by atoms with Crippen molar-refractivity contribution < 1.29 is 9.59 Å². The highest BCUT2D eigenvalue weighted by atomic mass is 35.5. The third-order valence-electron chi connectivity index (χ3n) is 3.77. The van der Waals surface area contributed by atoms with Gasteiger partial charge in [-0.3, -0.25) is 9.59 Å². The fraction of sp³-hybridized carbons (Fsp3) is 0.211. The van der Waals surface area contributed by atoms with E-state index in [4.69, 9.17) is 23.2 Å². The van der Waals surface area contributed by atoms with Gasteiger partial charge in [0.05, 0.1) is 16.3 Å². The lowest BCUT2D eigenvalue weighted by Crippen LogP contribution is -2.33. The van der Waals surface area contributed by atoms with E-state index in [1.54, 1.807) is 18.2 Å². The molecule has 0 heterocycles. The van der Waals surface area contributed by atoms with Gasteiger partial charge in [0.2, 0.25) is 0 Å². The van der Waals surface area contributed by atoms with Crippen LogP contribution in [0.1, 0.15) is 30.5 Å². The maximum Gasteiger partial charge on any atom is 0.329 e. The van der Waals surface area contributed by atoms with Crippen molar-refractivity contribution in [2.75, 3.05) is 5.32 Å². The molecule has 0 bridgehead atoms. The molecule has 0 atom stereocenters. The Labute approximate surface area is 162 Å². The van der Waals surface area contributed by atoms with Crippen LogP contribution in [0.25, 0.3) is 0 Å². The molecule has 5 nitrogen and oxygen atoms in total. The molecule has 0 aliphatic carbocycles. The highest BCUT2D eigenvalue weighted by Crippen LogP contribution is 2.23. The molecular formula is C19H19Cl2N3O2. The average Bonchev–Trinajstić information content (AvgIpc) is 2.64. The number of aryl methyl sites for hydroxylation is 2. The summed E-state index contributed by atoms with van der Waals surface area (Å²) in [7, 11) is 0. The van der Waals surface area contributed by atoms with E-state index in [9.17, 15) is 9.59 Å². The van der Waals surface area contributed by atoms with Gasteiger partial charge in [-0.2, -0.15) is 5.10 Å². The van der Waals surface area contributed by atoms with Crippen molar-refractivity contribution in [1.82, 2.24) is 5.43 Å². The Bertz CT molecular complexity index is 828. The van der Waals surface area contributed by atoms with E-state index < -0.39 is 11.8 Å². The standard InChI is InChI=1S/C19H19Cl2N3O2/c1-3-13-6-5-7-14(4-2)17(13)23-18(25)19(26)24-22-11-12-8-9-15(20)16(21)10-12/h5-11H,3-4H2,1-2H3,(H,23,25)(H,24,26)/b22-11+. The molecular weight excluding hydrogens is 373 g/mol. The van der Waals surface area contributed by atoms with Gasteiger partial charge in [-0.25, -0.2) is 5.43 Å². The molecule has 0 aromatic heterocycles. The number of carbonyl (C=O) groups excluding carboxylic acids is 2. The van der Waals surface area contributed by atoms with Crippen molar-refractivity contribution in [3.63, 3.8) is 0 Å². The number of amides is 2. The molecule has 0 fully saturated rings. The van der Waals surface area contributed by atoms with Crippen molar-refractivity contribution in [3.8, 4) is 0 Å². The van der Waals surface area contributed by atoms with E-state index in [0.717, 1.165) is 24.0 Å². The summed E-state index contributed by atoms with van der Waals surface area (Å²) in [6.45, 7) is 3.98. The van der Waals surface area contributed by atoms with E-state index >= 15 is 0 Å². The molecule has 0 aliphatic heterocycles. The van der Waals surface area contributed by atoms with E-state index in [1.165, 1.54) is 6.21 Å². The van der Waals surface area contributed by atoms with Crippen LogP contribution in [0.15, 0.2) is 41.5 Å². The number of nitrogens with one attached hydrogen (secondary N) is 2. The molecule has 2 N–H and O–H groups in total. The first-order chi connectivity index (χ1) is 12.5. The number of carbonyl (C=O) groups is 2. The lowest BCUT2D eigenvalue weighted by molar-refractivity contribution is -0.136. The number of benzene rings is 2. The molecule has 0 saturated heterocycles. The number of anilines is 1.